The number of nitrogens with zero attached hydrogens (tertiary/aromatic N) is 1. The van der Waals surface area contributed by atoms with E-state index in [0.29, 0.717) is 0 Å². The van der Waals surface area contributed by atoms with E-state index >= 15 is 0 Å². The average molecular weight is 102 g/mol. The Kier molecular flexibility index (Phi) is 12.6. The first-order valence-corrected chi connectivity index (χ1v) is 2.08. The van der Waals surface area contributed by atoms with Crippen molar-refractivity contribution in [1.29, 1.82) is 0 Å². The van der Waals surface area contributed by atoms with Crippen LogP contribution in [0.4, 0.5) is 0 Å². The smallest absolute Gasteiger partial charge is 0.0136 e. The first-order chi connectivity index (χ1) is 3.15. The van der Waals surface area contributed by atoms with Gasteiger partial charge in [0.1, 0.15) is 0 Å². The summed E-state index contributed by atoms with van der Waals surface area (Å²) >= 11 is 0. The summed E-state index contributed by atoms with van der Waals surface area (Å²) in [6.07, 6.45) is 1.25. The van der Waals surface area contributed by atoms with E-state index in [0.717, 1.165) is 0 Å². The normalized spacial score (nSPS) is 6.86. The van der Waals surface area contributed by atoms with E-state index < -0.39 is 0 Å². The van der Waals surface area contributed by atoms with E-state index in [1.807, 2.05) is 26.0 Å². The maximum absolute atomic E-state index is 4.61. The van der Waals surface area contributed by atoms with Gasteiger partial charge < -0.3 is 10.6 Å². The summed E-state index contributed by atoms with van der Waals surface area (Å²) in [6, 6.07) is 0. The molecule has 0 aliphatic carbocycles. The lowest BCUT2D eigenvalue weighted by atomic mass is 11.0. The lowest BCUT2D eigenvalue weighted by Crippen LogP contribution is -1.99. The van der Waals surface area contributed by atoms with Gasteiger partial charge in [-0.2, -0.15) is 0 Å². The molecule has 0 radical (unpaired) electrons. The Labute approximate surface area is 45.6 Å². The number of hydrogen-bond acceptors (Lipinski definition) is 2. The molecule has 0 spiro atoms. The molecule has 0 saturated heterocycles. The highest BCUT2D eigenvalue weighted by Crippen LogP contribution is 1.47. The quantitative estimate of drug-likeness (QED) is 0.475. The van der Waals surface area contributed by atoms with E-state index in [4.69, 9.17) is 0 Å². The van der Waals surface area contributed by atoms with E-state index in [-0.39, 0.29) is 0 Å². The van der Waals surface area contributed by atoms with Crippen LogP contribution in [0, 0.1) is 0 Å². The highest BCUT2D eigenvalue weighted by atomic mass is 15.0. The van der Waals surface area contributed by atoms with Crippen LogP contribution in [-0.2, 0) is 0 Å². The van der Waals surface area contributed by atoms with Crippen LogP contribution in [0.15, 0.2) is 12.8 Å². The van der Waals surface area contributed by atoms with Gasteiger partial charge in [-0.3, -0.25) is 0 Å². The predicted octanol–water partition coefficient (Wildman–Crippen LogP) is 0.266. The molecule has 0 saturated carbocycles. The van der Waals surface area contributed by atoms with Gasteiger partial charge in [0.05, 0.1) is 0 Å². The Morgan fingerprint density at radius 3 is 1.43 bits per heavy atom. The Hall–Kier alpha value is -0.500. The third kappa shape index (κ3) is 270. The molecule has 0 unspecified atom stereocenters. The van der Waals surface area contributed by atoms with Crippen molar-refractivity contribution in [3.63, 3.8) is 0 Å². The van der Waals surface area contributed by atoms with Gasteiger partial charge in [-0.05, 0) is 27.3 Å². The van der Waals surface area contributed by atoms with Crippen LogP contribution in [0.25, 0.3) is 0 Å². The van der Waals surface area contributed by atoms with Gasteiger partial charge in [-0.25, -0.2) is 0 Å². The number of rotatable bonds is 0. The standard InChI is InChI=1S/C3H9N.C2H5N/c1-4(2)3;1-2-3/h1-3H3;2H,1,3H2. The monoisotopic (exact) mass is 102 g/mol. The molecule has 44 valence electrons. The van der Waals surface area contributed by atoms with Crippen molar-refractivity contribution >= 4 is 0 Å². The number of nitrogens with two attached hydrogens (primary N) is 1. The van der Waals surface area contributed by atoms with Crippen LogP contribution >= 0.6 is 0 Å². The Bertz CT molecular complexity index is 30.3. The molecule has 0 heterocycles. The molecule has 0 aromatic carbocycles. The Morgan fingerprint density at radius 1 is 1.43 bits per heavy atom. The maximum atomic E-state index is 4.61. The molecule has 2 N–H and O–H groups in total. The van der Waals surface area contributed by atoms with Crippen molar-refractivity contribution in [2.24, 2.45) is 5.73 Å². The zero-order valence-corrected chi connectivity index (χ0v) is 5.31. The fraction of sp³-hybridized carbons (Fsp3) is 0.600. The summed E-state index contributed by atoms with van der Waals surface area (Å²) in [6.45, 7) is 3.14. The molecule has 7 heavy (non-hydrogen) atoms. The zero-order valence-electron chi connectivity index (χ0n) is 5.31. The van der Waals surface area contributed by atoms with Gasteiger partial charge in [0.15, 0.2) is 0 Å². The van der Waals surface area contributed by atoms with Crippen molar-refractivity contribution in [3.05, 3.63) is 12.8 Å². The van der Waals surface area contributed by atoms with Gasteiger partial charge in [-0.1, -0.05) is 6.58 Å². The lowest BCUT2D eigenvalue weighted by Gasteiger charge is -1.90. The minimum Gasteiger partial charge on any atom is -0.405 e. The molecular weight excluding hydrogens is 88.1 g/mol. The fourth-order valence-electron chi connectivity index (χ4n) is 0. The lowest BCUT2D eigenvalue weighted by molar-refractivity contribution is 0.505. The van der Waals surface area contributed by atoms with Gasteiger partial charge in [0.25, 0.3) is 0 Å². The summed E-state index contributed by atoms with van der Waals surface area (Å²) in [7, 11) is 6.00. The second-order valence-electron chi connectivity index (χ2n) is 1.58. The second-order valence-corrected chi connectivity index (χ2v) is 1.58. The average Bonchev–Trinajstić information content (AvgIpc) is 1.33. The molecule has 0 aliphatic heterocycles. The predicted molar refractivity (Wildman–Crippen MR) is 34.0 cm³/mol. The first kappa shape index (κ1) is 9.71. The summed E-state index contributed by atoms with van der Waals surface area (Å²) in [5.74, 6) is 0. The summed E-state index contributed by atoms with van der Waals surface area (Å²) in [5.41, 5.74) is 4.61. The van der Waals surface area contributed by atoms with E-state index in [1.54, 1.807) is 0 Å². The fourth-order valence-corrected chi connectivity index (χ4v) is 0. The largest absolute Gasteiger partial charge is 0.405 e. The molecule has 2 nitrogen and oxygen atoms in total. The van der Waals surface area contributed by atoms with Crippen molar-refractivity contribution in [2.45, 2.75) is 0 Å². The molecule has 0 fully saturated rings. The van der Waals surface area contributed by atoms with Crippen LogP contribution in [0.2, 0.25) is 0 Å². The molecule has 0 aromatic rings. The molecule has 0 bridgehead atoms. The van der Waals surface area contributed by atoms with Gasteiger partial charge >= 0.3 is 0 Å². The Morgan fingerprint density at radius 2 is 1.43 bits per heavy atom. The van der Waals surface area contributed by atoms with Crippen LogP contribution in [0.5, 0.6) is 0 Å². The summed E-state index contributed by atoms with van der Waals surface area (Å²) < 4.78 is 0. The van der Waals surface area contributed by atoms with E-state index in [2.05, 4.69) is 12.3 Å². The van der Waals surface area contributed by atoms with Crippen molar-refractivity contribution in [2.75, 3.05) is 21.1 Å². The molecule has 0 aromatic heterocycles. The van der Waals surface area contributed by atoms with Crippen LogP contribution in [0.3, 0.4) is 0 Å². The van der Waals surface area contributed by atoms with Crippen LogP contribution < -0.4 is 5.73 Å². The number of hydrogen-bond donors (Lipinski definition) is 1. The molecule has 0 aliphatic rings. The third-order valence-corrected chi connectivity index (χ3v) is 0. The Balaban J connectivity index is 0. The highest BCUT2D eigenvalue weighted by molar-refractivity contribution is 4.48. The van der Waals surface area contributed by atoms with Crippen LogP contribution in [0.1, 0.15) is 0 Å². The van der Waals surface area contributed by atoms with Crippen molar-refractivity contribution < 1.29 is 0 Å². The van der Waals surface area contributed by atoms with Gasteiger partial charge in [0, 0.05) is 0 Å². The second kappa shape index (κ2) is 9.09. The topological polar surface area (TPSA) is 29.3 Å². The zero-order chi connectivity index (χ0) is 6.28. The van der Waals surface area contributed by atoms with Crippen LogP contribution in [-0.4, -0.2) is 26.0 Å². The van der Waals surface area contributed by atoms with Gasteiger partial charge in [-0.15, -0.1) is 0 Å². The highest BCUT2D eigenvalue weighted by Gasteiger charge is 1.58. The van der Waals surface area contributed by atoms with Crippen molar-refractivity contribution in [1.82, 2.24) is 4.90 Å². The van der Waals surface area contributed by atoms with E-state index in [1.165, 1.54) is 6.20 Å². The molecule has 0 amide bonds. The first-order valence-electron chi connectivity index (χ1n) is 2.08. The molecule has 2 heteroatoms. The molecular formula is C5H14N2. The van der Waals surface area contributed by atoms with Gasteiger partial charge in [0.2, 0.25) is 0 Å². The minimum atomic E-state index is 1.25. The van der Waals surface area contributed by atoms with E-state index in [9.17, 15) is 0 Å². The van der Waals surface area contributed by atoms with Crippen molar-refractivity contribution in [3.8, 4) is 0 Å². The molecule has 0 rings (SSSR count). The minimum absolute atomic E-state index is 1.25. The molecule has 0 atom stereocenters. The SMILES string of the molecule is C=CN.CN(C)C. The summed E-state index contributed by atoms with van der Waals surface area (Å²) in [5, 5.41) is 0. The third-order valence-electron chi connectivity index (χ3n) is 0. The summed E-state index contributed by atoms with van der Waals surface area (Å²) in [4.78, 5) is 2.00. The maximum Gasteiger partial charge on any atom is -0.0136 e.